The number of hydrogen-bond acceptors (Lipinski definition) is 3. The summed E-state index contributed by atoms with van der Waals surface area (Å²) in [6, 6.07) is 2.18. The SMILES string of the molecule is CCc1occc1C(NC)c1cnn(C)c1. The molecule has 0 saturated carbocycles. The molecule has 0 radical (unpaired) electrons. The highest BCUT2D eigenvalue weighted by atomic mass is 16.3. The van der Waals surface area contributed by atoms with Crippen LogP contribution >= 0.6 is 0 Å². The van der Waals surface area contributed by atoms with E-state index in [0.29, 0.717) is 0 Å². The zero-order chi connectivity index (χ0) is 11.5. The van der Waals surface area contributed by atoms with Crippen molar-refractivity contribution in [3.8, 4) is 0 Å². The molecule has 1 unspecified atom stereocenters. The van der Waals surface area contributed by atoms with E-state index in [0.717, 1.165) is 17.7 Å². The molecule has 0 bridgehead atoms. The van der Waals surface area contributed by atoms with E-state index in [9.17, 15) is 0 Å². The van der Waals surface area contributed by atoms with Crippen LogP contribution in [0.5, 0.6) is 0 Å². The van der Waals surface area contributed by atoms with Crippen LogP contribution in [0.1, 0.15) is 29.9 Å². The smallest absolute Gasteiger partial charge is 0.108 e. The zero-order valence-corrected chi connectivity index (χ0v) is 9.90. The molecule has 2 rings (SSSR count). The molecule has 2 heterocycles. The summed E-state index contributed by atoms with van der Waals surface area (Å²) in [6.45, 7) is 2.10. The Morgan fingerprint density at radius 1 is 1.56 bits per heavy atom. The predicted molar refractivity (Wildman–Crippen MR) is 62.2 cm³/mol. The maximum Gasteiger partial charge on any atom is 0.108 e. The van der Waals surface area contributed by atoms with Crippen LogP contribution < -0.4 is 5.32 Å². The van der Waals surface area contributed by atoms with E-state index in [4.69, 9.17) is 4.42 Å². The number of furan rings is 1. The molecule has 0 aromatic carbocycles. The monoisotopic (exact) mass is 219 g/mol. The normalized spacial score (nSPS) is 12.9. The first-order valence-electron chi connectivity index (χ1n) is 5.48. The topological polar surface area (TPSA) is 43.0 Å². The Morgan fingerprint density at radius 2 is 2.38 bits per heavy atom. The van der Waals surface area contributed by atoms with Gasteiger partial charge in [0.25, 0.3) is 0 Å². The highest BCUT2D eigenvalue weighted by Crippen LogP contribution is 2.25. The third-order valence-corrected chi connectivity index (χ3v) is 2.76. The minimum atomic E-state index is 0.155. The molecule has 0 fully saturated rings. The molecule has 0 saturated heterocycles. The minimum Gasteiger partial charge on any atom is -0.469 e. The van der Waals surface area contributed by atoms with Gasteiger partial charge in [0, 0.05) is 30.8 Å². The first-order valence-corrected chi connectivity index (χ1v) is 5.48. The van der Waals surface area contributed by atoms with Gasteiger partial charge in [0.2, 0.25) is 0 Å². The summed E-state index contributed by atoms with van der Waals surface area (Å²) in [4.78, 5) is 0. The maximum absolute atomic E-state index is 5.46. The van der Waals surface area contributed by atoms with Gasteiger partial charge in [0.05, 0.1) is 18.5 Å². The second kappa shape index (κ2) is 4.53. The van der Waals surface area contributed by atoms with E-state index in [-0.39, 0.29) is 6.04 Å². The highest BCUT2D eigenvalue weighted by molar-refractivity contribution is 5.30. The molecule has 0 aliphatic carbocycles. The van der Waals surface area contributed by atoms with Gasteiger partial charge >= 0.3 is 0 Å². The number of rotatable bonds is 4. The van der Waals surface area contributed by atoms with Crippen LogP contribution in [0.2, 0.25) is 0 Å². The maximum atomic E-state index is 5.46. The van der Waals surface area contributed by atoms with Crippen LogP contribution in [0.3, 0.4) is 0 Å². The third kappa shape index (κ3) is 1.88. The molecule has 2 aromatic heterocycles. The number of hydrogen-bond donors (Lipinski definition) is 1. The fraction of sp³-hybridized carbons (Fsp3) is 0.417. The second-order valence-electron chi connectivity index (χ2n) is 3.82. The van der Waals surface area contributed by atoms with Crippen LogP contribution in [0.15, 0.2) is 29.1 Å². The van der Waals surface area contributed by atoms with Gasteiger partial charge < -0.3 is 9.73 Å². The van der Waals surface area contributed by atoms with Crippen molar-refractivity contribution in [1.82, 2.24) is 15.1 Å². The zero-order valence-electron chi connectivity index (χ0n) is 9.90. The van der Waals surface area contributed by atoms with E-state index < -0.39 is 0 Å². The van der Waals surface area contributed by atoms with Gasteiger partial charge in [-0.25, -0.2) is 0 Å². The van der Waals surface area contributed by atoms with Crippen LogP contribution in [0.25, 0.3) is 0 Å². The molecule has 4 nitrogen and oxygen atoms in total. The van der Waals surface area contributed by atoms with Crippen LogP contribution in [-0.4, -0.2) is 16.8 Å². The van der Waals surface area contributed by atoms with Gasteiger partial charge in [-0.3, -0.25) is 4.68 Å². The van der Waals surface area contributed by atoms with Crippen molar-refractivity contribution in [2.24, 2.45) is 7.05 Å². The first-order chi connectivity index (χ1) is 7.76. The average Bonchev–Trinajstić information content (AvgIpc) is 2.89. The van der Waals surface area contributed by atoms with E-state index in [1.807, 2.05) is 37.2 Å². The molecule has 2 aromatic rings. The van der Waals surface area contributed by atoms with Crippen molar-refractivity contribution in [1.29, 1.82) is 0 Å². The average molecular weight is 219 g/mol. The Bertz CT molecular complexity index is 458. The molecule has 1 atom stereocenters. The van der Waals surface area contributed by atoms with E-state index in [2.05, 4.69) is 17.3 Å². The lowest BCUT2D eigenvalue weighted by atomic mass is 10.0. The molecular weight excluding hydrogens is 202 g/mol. The van der Waals surface area contributed by atoms with Gasteiger partial charge in [-0.15, -0.1) is 0 Å². The van der Waals surface area contributed by atoms with Crippen molar-refractivity contribution in [3.63, 3.8) is 0 Å². The van der Waals surface area contributed by atoms with E-state index in [1.54, 1.807) is 6.26 Å². The van der Waals surface area contributed by atoms with E-state index in [1.165, 1.54) is 5.56 Å². The fourth-order valence-corrected chi connectivity index (χ4v) is 1.99. The molecule has 4 heteroatoms. The highest BCUT2D eigenvalue weighted by Gasteiger charge is 2.18. The Kier molecular flexibility index (Phi) is 3.10. The standard InChI is InChI=1S/C12H17N3O/c1-4-11-10(5-6-16-11)12(13-2)9-7-14-15(3)8-9/h5-8,12-13H,4H2,1-3H3. The molecule has 86 valence electrons. The molecule has 0 amide bonds. The Labute approximate surface area is 95.3 Å². The van der Waals surface area contributed by atoms with Gasteiger partial charge in [-0.2, -0.15) is 5.10 Å². The summed E-state index contributed by atoms with van der Waals surface area (Å²) in [5.74, 6) is 1.03. The van der Waals surface area contributed by atoms with Crippen molar-refractivity contribution < 1.29 is 4.42 Å². The summed E-state index contributed by atoms with van der Waals surface area (Å²) < 4.78 is 7.27. The summed E-state index contributed by atoms with van der Waals surface area (Å²) in [5, 5.41) is 7.49. The molecule has 0 aliphatic rings. The van der Waals surface area contributed by atoms with Gasteiger partial charge in [0.1, 0.15) is 5.76 Å². The lowest BCUT2D eigenvalue weighted by molar-refractivity contribution is 0.505. The number of aryl methyl sites for hydroxylation is 2. The summed E-state index contributed by atoms with van der Waals surface area (Å²) in [7, 11) is 3.87. The Morgan fingerprint density at radius 3 is 2.94 bits per heavy atom. The van der Waals surface area contributed by atoms with E-state index >= 15 is 0 Å². The number of nitrogens with one attached hydrogen (secondary N) is 1. The minimum absolute atomic E-state index is 0.155. The van der Waals surface area contributed by atoms with Gasteiger partial charge in [-0.05, 0) is 13.1 Å². The summed E-state index contributed by atoms with van der Waals surface area (Å²) in [6.07, 6.45) is 6.55. The number of nitrogens with zero attached hydrogens (tertiary/aromatic N) is 2. The predicted octanol–water partition coefficient (Wildman–Crippen LogP) is 1.88. The summed E-state index contributed by atoms with van der Waals surface area (Å²) >= 11 is 0. The van der Waals surface area contributed by atoms with Crippen LogP contribution in [-0.2, 0) is 13.5 Å². The fourth-order valence-electron chi connectivity index (χ4n) is 1.99. The van der Waals surface area contributed by atoms with Crippen LogP contribution in [0, 0.1) is 0 Å². The largest absolute Gasteiger partial charge is 0.469 e. The van der Waals surface area contributed by atoms with Crippen molar-refractivity contribution >= 4 is 0 Å². The third-order valence-electron chi connectivity index (χ3n) is 2.76. The number of aromatic nitrogens is 2. The van der Waals surface area contributed by atoms with Crippen molar-refractivity contribution in [3.05, 3.63) is 41.6 Å². The molecule has 16 heavy (non-hydrogen) atoms. The van der Waals surface area contributed by atoms with Gasteiger partial charge in [-0.1, -0.05) is 6.92 Å². The van der Waals surface area contributed by atoms with Crippen molar-refractivity contribution in [2.45, 2.75) is 19.4 Å². The second-order valence-corrected chi connectivity index (χ2v) is 3.82. The molecular formula is C12H17N3O. The molecule has 0 spiro atoms. The van der Waals surface area contributed by atoms with Gasteiger partial charge in [0.15, 0.2) is 0 Å². The Balaban J connectivity index is 2.36. The van der Waals surface area contributed by atoms with Crippen LogP contribution in [0.4, 0.5) is 0 Å². The lowest BCUT2D eigenvalue weighted by Gasteiger charge is -2.14. The molecule has 0 aliphatic heterocycles. The lowest BCUT2D eigenvalue weighted by Crippen LogP contribution is -2.17. The first kappa shape index (κ1) is 11.0. The summed E-state index contributed by atoms with van der Waals surface area (Å²) in [5.41, 5.74) is 2.35. The molecule has 1 N–H and O–H groups in total. The quantitative estimate of drug-likeness (QED) is 0.853. The van der Waals surface area contributed by atoms with Crippen molar-refractivity contribution in [2.75, 3.05) is 7.05 Å². The Hall–Kier alpha value is -1.55.